The lowest BCUT2D eigenvalue weighted by atomic mass is 9.67. The van der Waals surface area contributed by atoms with Crippen LogP contribution in [0.15, 0.2) is 170 Å². The van der Waals surface area contributed by atoms with Crippen LogP contribution in [0.4, 0.5) is 5.69 Å². The minimum atomic E-state index is -0.0403. The van der Waals surface area contributed by atoms with Crippen molar-refractivity contribution in [2.45, 2.75) is 37.5 Å². The Morgan fingerprint density at radius 2 is 0.804 bits per heavy atom. The van der Waals surface area contributed by atoms with Crippen molar-refractivity contribution in [1.29, 1.82) is 0 Å². The summed E-state index contributed by atoms with van der Waals surface area (Å²) in [5.41, 5.74) is 15.8. The summed E-state index contributed by atoms with van der Waals surface area (Å²) < 4.78 is 0. The van der Waals surface area contributed by atoms with Crippen molar-refractivity contribution in [1.82, 2.24) is 15.0 Å². The summed E-state index contributed by atoms with van der Waals surface area (Å²) in [5.74, 6) is 1.90. The number of fused-ring (bicyclic) bond motifs is 5. The van der Waals surface area contributed by atoms with Crippen LogP contribution in [-0.4, -0.2) is 15.0 Å². The molecule has 1 aromatic heterocycles. The van der Waals surface area contributed by atoms with Crippen LogP contribution in [0.25, 0.3) is 83.5 Å². The molecule has 1 spiro atoms. The van der Waals surface area contributed by atoms with E-state index in [0.29, 0.717) is 17.5 Å². The van der Waals surface area contributed by atoms with Crippen LogP contribution in [0.5, 0.6) is 0 Å². The SMILES string of the molecule is [C-]#[N+]c1ccc2c(c1)C1(CCCCC1)c1cc(-c3cccc(-c4nc(-c5ccc(-c6ccccc6)cc5)nc(-c5ccc(-c6ccccc6)cc5)n4)c3)ccc1-2. The summed E-state index contributed by atoms with van der Waals surface area (Å²) in [5, 5.41) is 0. The molecule has 0 radical (unpaired) electrons. The van der Waals surface area contributed by atoms with Crippen LogP contribution in [-0.2, 0) is 5.41 Å². The van der Waals surface area contributed by atoms with Gasteiger partial charge in [-0.15, -0.1) is 0 Å². The molecule has 10 rings (SSSR count). The second kappa shape index (κ2) is 14.0. The van der Waals surface area contributed by atoms with Gasteiger partial charge < -0.3 is 0 Å². The third-order valence-electron chi connectivity index (χ3n) is 11.8. The second-order valence-electron chi connectivity index (χ2n) is 15.0. The van der Waals surface area contributed by atoms with Crippen molar-refractivity contribution in [2.24, 2.45) is 0 Å². The van der Waals surface area contributed by atoms with E-state index in [9.17, 15) is 0 Å². The van der Waals surface area contributed by atoms with Crippen molar-refractivity contribution in [3.63, 3.8) is 0 Å². The molecule has 0 saturated heterocycles. The summed E-state index contributed by atoms with van der Waals surface area (Å²) in [4.78, 5) is 19.1. The highest BCUT2D eigenvalue weighted by atomic mass is 15.0. The van der Waals surface area contributed by atoms with Gasteiger partial charge in [-0.05, 0) is 80.6 Å². The fourth-order valence-corrected chi connectivity index (χ4v) is 8.91. The van der Waals surface area contributed by atoms with Gasteiger partial charge in [0.05, 0.1) is 6.57 Å². The first-order valence-corrected chi connectivity index (χ1v) is 19.5. The van der Waals surface area contributed by atoms with Gasteiger partial charge in [-0.2, -0.15) is 0 Å². The molecule has 0 atom stereocenters. The van der Waals surface area contributed by atoms with E-state index in [1.54, 1.807) is 0 Å². The van der Waals surface area contributed by atoms with E-state index in [2.05, 4.69) is 157 Å². The summed E-state index contributed by atoms with van der Waals surface area (Å²) in [7, 11) is 0. The van der Waals surface area contributed by atoms with Crippen molar-refractivity contribution >= 4 is 5.69 Å². The topological polar surface area (TPSA) is 43.0 Å². The number of rotatable bonds is 6. The minimum absolute atomic E-state index is 0.0403. The maximum atomic E-state index is 7.72. The number of hydrogen-bond donors (Lipinski definition) is 0. The first kappa shape index (κ1) is 33.6. The molecule has 0 unspecified atom stereocenters. The summed E-state index contributed by atoms with van der Waals surface area (Å²) in [6, 6.07) is 59.7. The molecule has 56 heavy (non-hydrogen) atoms. The van der Waals surface area contributed by atoms with E-state index in [1.807, 2.05) is 18.2 Å². The highest BCUT2D eigenvalue weighted by Gasteiger charge is 2.43. The van der Waals surface area contributed by atoms with Crippen LogP contribution >= 0.6 is 0 Å². The lowest BCUT2D eigenvalue weighted by molar-refractivity contribution is 0.353. The Hall–Kier alpha value is -6.96. The molecule has 8 aromatic rings. The molecule has 1 heterocycles. The first-order chi connectivity index (χ1) is 27.6. The van der Waals surface area contributed by atoms with Gasteiger partial charge >= 0.3 is 0 Å². The van der Waals surface area contributed by atoms with Gasteiger partial charge in [0, 0.05) is 22.1 Å². The molecule has 7 aromatic carbocycles. The number of benzene rings is 7. The third kappa shape index (κ3) is 5.99. The highest BCUT2D eigenvalue weighted by Crippen LogP contribution is 2.57. The number of aromatic nitrogens is 3. The van der Waals surface area contributed by atoms with E-state index in [1.165, 1.54) is 58.2 Å². The number of hydrogen-bond acceptors (Lipinski definition) is 3. The lowest BCUT2D eigenvalue weighted by Gasteiger charge is -2.36. The molecule has 1 saturated carbocycles. The van der Waals surface area contributed by atoms with Crippen LogP contribution < -0.4 is 0 Å². The van der Waals surface area contributed by atoms with Gasteiger partial charge in [-0.1, -0.05) is 177 Å². The minimum Gasteiger partial charge on any atom is -0.238 e. The maximum Gasteiger partial charge on any atom is 0.187 e. The van der Waals surface area contributed by atoms with Gasteiger partial charge in [0.25, 0.3) is 0 Å². The van der Waals surface area contributed by atoms with E-state index in [0.717, 1.165) is 51.9 Å². The average molecular weight is 719 g/mol. The summed E-state index contributed by atoms with van der Waals surface area (Å²) >= 11 is 0. The Balaban J connectivity index is 1.06. The molecular formula is C52H38N4. The largest absolute Gasteiger partial charge is 0.238 e. The number of nitrogens with zero attached hydrogens (tertiary/aromatic N) is 4. The predicted molar refractivity (Wildman–Crippen MR) is 228 cm³/mol. The normalized spacial score (nSPS) is 13.8. The molecule has 0 N–H and O–H groups in total. The fourth-order valence-electron chi connectivity index (χ4n) is 8.91. The average Bonchev–Trinajstić information content (AvgIpc) is 3.54. The Morgan fingerprint density at radius 3 is 1.38 bits per heavy atom. The van der Waals surface area contributed by atoms with Gasteiger partial charge in [0.1, 0.15) is 0 Å². The molecule has 4 nitrogen and oxygen atoms in total. The molecule has 2 aliphatic rings. The van der Waals surface area contributed by atoms with E-state index >= 15 is 0 Å². The Bertz CT molecular complexity index is 2660. The Kier molecular flexibility index (Phi) is 8.42. The zero-order valence-corrected chi connectivity index (χ0v) is 31.0. The Morgan fingerprint density at radius 1 is 0.375 bits per heavy atom. The van der Waals surface area contributed by atoms with Gasteiger partial charge in [-0.3, -0.25) is 0 Å². The highest BCUT2D eigenvalue weighted by molar-refractivity contribution is 5.86. The van der Waals surface area contributed by atoms with Crippen LogP contribution in [0.1, 0.15) is 43.2 Å². The van der Waals surface area contributed by atoms with Crippen molar-refractivity contribution in [3.8, 4) is 78.7 Å². The molecule has 1 fully saturated rings. The predicted octanol–water partition coefficient (Wildman–Crippen LogP) is 13.7. The smallest absolute Gasteiger partial charge is 0.187 e. The maximum absolute atomic E-state index is 7.72. The molecule has 0 bridgehead atoms. The molecule has 2 aliphatic carbocycles. The zero-order chi connectivity index (χ0) is 37.5. The van der Waals surface area contributed by atoms with Crippen LogP contribution in [0, 0.1) is 6.57 Å². The van der Waals surface area contributed by atoms with Crippen molar-refractivity contribution in [3.05, 3.63) is 192 Å². The van der Waals surface area contributed by atoms with Crippen molar-refractivity contribution < 1.29 is 0 Å². The van der Waals surface area contributed by atoms with Crippen LogP contribution in [0.3, 0.4) is 0 Å². The standard InChI is InChI=1S/C52H38N4/c1-53-44-27-29-46-45-28-26-42(33-47(45)52(48(46)34-44)30-9-4-10-31-52)41-16-11-17-43(32-41)51-55-49(39-22-18-37(19-23-39)35-12-5-2-6-13-35)54-50(56-51)40-24-20-38(21-25-40)36-14-7-3-8-15-36/h2-3,5-8,11-29,32-34H,4,9-10,30-31H2. The molecule has 266 valence electrons. The molecular weight excluding hydrogens is 681 g/mol. The molecule has 0 amide bonds. The zero-order valence-electron chi connectivity index (χ0n) is 31.0. The summed E-state index contributed by atoms with van der Waals surface area (Å²) in [6.07, 6.45) is 5.91. The van der Waals surface area contributed by atoms with E-state index < -0.39 is 0 Å². The van der Waals surface area contributed by atoms with Gasteiger partial charge in [-0.25, -0.2) is 19.8 Å². The molecule has 0 aliphatic heterocycles. The molecule has 4 heteroatoms. The monoisotopic (exact) mass is 718 g/mol. The van der Waals surface area contributed by atoms with Crippen molar-refractivity contribution in [2.75, 3.05) is 0 Å². The van der Waals surface area contributed by atoms with Gasteiger partial charge in [0.2, 0.25) is 0 Å². The van der Waals surface area contributed by atoms with E-state index in [4.69, 9.17) is 21.5 Å². The van der Waals surface area contributed by atoms with Gasteiger partial charge in [0.15, 0.2) is 23.2 Å². The second-order valence-corrected chi connectivity index (χ2v) is 15.0. The van der Waals surface area contributed by atoms with E-state index in [-0.39, 0.29) is 5.41 Å². The fraction of sp³-hybridized carbons (Fsp3) is 0.115. The first-order valence-electron chi connectivity index (χ1n) is 19.5. The summed E-state index contributed by atoms with van der Waals surface area (Å²) in [6.45, 7) is 7.72. The lowest BCUT2D eigenvalue weighted by Crippen LogP contribution is -2.28. The quantitative estimate of drug-likeness (QED) is 0.161. The third-order valence-corrected chi connectivity index (χ3v) is 11.8. The Labute approximate surface area is 328 Å². The van der Waals surface area contributed by atoms with Crippen LogP contribution in [0.2, 0.25) is 0 Å².